The average molecular weight is 405 g/mol. The molecule has 0 aliphatic heterocycles. The summed E-state index contributed by atoms with van der Waals surface area (Å²) < 4.78 is 22.3. The van der Waals surface area contributed by atoms with Gasteiger partial charge in [-0.05, 0) is 55.5 Å². The van der Waals surface area contributed by atoms with Gasteiger partial charge in [-0.3, -0.25) is 14.8 Å². The monoisotopic (exact) mass is 405 g/mol. The Labute approximate surface area is 163 Å². The van der Waals surface area contributed by atoms with E-state index in [2.05, 4.69) is 0 Å². The summed E-state index contributed by atoms with van der Waals surface area (Å²) in [5.74, 6) is -1.28. The first-order valence-corrected chi connectivity index (χ1v) is 10.5. The number of carbonyl (C=O) groups is 2. The summed E-state index contributed by atoms with van der Waals surface area (Å²) in [6.07, 6.45) is 1.28. The van der Waals surface area contributed by atoms with Crippen LogP contribution in [0.2, 0.25) is 0 Å². The van der Waals surface area contributed by atoms with E-state index in [4.69, 9.17) is 5.21 Å². The summed E-state index contributed by atoms with van der Waals surface area (Å²) in [7, 11) is -3.74. The van der Waals surface area contributed by atoms with E-state index in [1.807, 2.05) is 12.1 Å². The molecule has 150 valence electrons. The molecule has 0 aromatic heterocycles. The molecular formula is C20H23NO6S. The van der Waals surface area contributed by atoms with E-state index >= 15 is 0 Å². The Bertz CT molecular complexity index is 998. The van der Waals surface area contributed by atoms with Crippen molar-refractivity contribution in [3.8, 4) is 16.9 Å². The molecule has 0 radical (unpaired) electrons. The molecule has 3 N–H and O–H groups in total. The number of phenolic OH excluding ortho intramolecular Hbond substituents is 1. The molecule has 1 atom stereocenters. The number of phenols is 1. The highest BCUT2D eigenvalue weighted by atomic mass is 32.2. The van der Waals surface area contributed by atoms with Crippen LogP contribution in [0.1, 0.15) is 36.2 Å². The van der Waals surface area contributed by atoms with Crippen LogP contribution in [-0.4, -0.2) is 41.4 Å². The normalized spacial score (nSPS) is 13.6. The van der Waals surface area contributed by atoms with E-state index in [1.165, 1.54) is 25.4 Å². The topological polar surface area (TPSA) is 121 Å². The third kappa shape index (κ3) is 4.40. The van der Waals surface area contributed by atoms with Gasteiger partial charge in [-0.25, -0.2) is 13.9 Å². The van der Waals surface area contributed by atoms with Gasteiger partial charge in [0.05, 0.1) is 5.56 Å². The molecule has 2 aromatic rings. The van der Waals surface area contributed by atoms with Crippen LogP contribution in [0.5, 0.6) is 5.75 Å². The second-order valence-corrected chi connectivity index (χ2v) is 9.37. The van der Waals surface area contributed by atoms with E-state index in [0.29, 0.717) is 6.42 Å². The number of hydrogen-bond acceptors (Lipinski definition) is 6. The zero-order valence-corrected chi connectivity index (χ0v) is 16.7. The lowest BCUT2D eigenvalue weighted by molar-refractivity contribution is -0.131. The number of hydrogen-bond donors (Lipinski definition) is 3. The number of Topliss-reactive ketones (excluding diaryl/α,β-unsaturated/α-hetero) is 1. The molecule has 1 amide bonds. The molecule has 0 saturated heterocycles. The van der Waals surface area contributed by atoms with E-state index in [0.717, 1.165) is 22.9 Å². The number of aryl methyl sites for hydroxylation is 1. The quantitative estimate of drug-likeness (QED) is 0.370. The van der Waals surface area contributed by atoms with Gasteiger partial charge in [0.15, 0.2) is 15.6 Å². The summed E-state index contributed by atoms with van der Waals surface area (Å²) in [4.78, 5) is 23.5. The maximum Gasteiger partial charge on any atom is 0.264 e. The van der Waals surface area contributed by atoms with Crippen molar-refractivity contribution in [3.63, 3.8) is 0 Å². The summed E-state index contributed by atoms with van der Waals surface area (Å²) in [6.45, 7) is 2.66. The fourth-order valence-electron chi connectivity index (χ4n) is 2.83. The lowest BCUT2D eigenvalue weighted by Gasteiger charge is -2.25. The molecule has 8 heteroatoms. The first kappa shape index (κ1) is 21.6. The zero-order valence-electron chi connectivity index (χ0n) is 15.9. The molecule has 0 heterocycles. The van der Waals surface area contributed by atoms with Crippen LogP contribution in [0.15, 0.2) is 42.5 Å². The maximum absolute atomic E-state index is 12.0. The predicted octanol–water partition coefficient (Wildman–Crippen LogP) is 2.50. The molecule has 7 nitrogen and oxygen atoms in total. The molecule has 2 aromatic carbocycles. The molecule has 28 heavy (non-hydrogen) atoms. The summed E-state index contributed by atoms with van der Waals surface area (Å²) in [6, 6.07) is 12.0. The van der Waals surface area contributed by atoms with Crippen molar-refractivity contribution < 1.29 is 28.3 Å². The number of carbonyl (C=O) groups excluding carboxylic acids is 2. The SMILES string of the molecule is CC(=O)c1cc(-c2ccc(CCC(C)(C(=O)NO)S(C)(=O)=O)cc2)ccc1O. The van der Waals surface area contributed by atoms with E-state index < -0.39 is 20.5 Å². The second-order valence-electron chi connectivity index (χ2n) is 6.93. The predicted molar refractivity (Wildman–Crippen MR) is 105 cm³/mol. The van der Waals surface area contributed by atoms with Gasteiger partial charge in [0.1, 0.15) is 10.5 Å². The summed E-state index contributed by atoms with van der Waals surface area (Å²) >= 11 is 0. The number of ketones is 1. The average Bonchev–Trinajstić information content (AvgIpc) is 2.65. The van der Waals surface area contributed by atoms with Gasteiger partial charge in [0.25, 0.3) is 5.91 Å². The van der Waals surface area contributed by atoms with Gasteiger partial charge in [0, 0.05) is 6.26 Å². The fraction of sp³-hybridized carbons (Fsp3) is 0.300. The molecular weight excluding hydrogens is 382 g/mol. The smallest absolute Gasteiger partial charge is 0.264 e. The number of aromatic hydroxyl groups is 1. The van der Waals surface area contributed by atoms with Crippen LogP contribution in [-0.2, 0) is 21.1 Å². The van der Waals surface area contributed by atoms with Crippen molar-refractivity contribution >= 4 is 21.5 Å². The van der Waals surface area contributed by atoms with E-state index in [-0.39, 0.29) is 23.5 Å². The number of rotatable bonds is 7. The molecule has 0 aliphatic carbocycles. The Morgan fingerprint density at radius 3 is 2.14 bits per heavy atom. The maximum atomic E-state index is 12.0. The Balaban J connectivity index is 2.23. The Morgan fingerprint density at radius 2 is 1.64 bits per heavy atom. The number of amides is 1. The van der Waals surface area contributed by atoms with Crippen LogP contribution >= 0.6 is 0 Å². The molecule has 0 spiro atoms. The molecule has 0 fully saturated rings. The minimum atomic E-state index is -3.74. The second kappa shape index (κ2) is 8.12. The Hall–Kier alpha value is -2.71. The minimum absolute atomic E-state index is 0.00523. The van der Waals surface area contributed by atoms with Crippen molar-refractivity contribution in [2.75, 3.05) is 6.26 Å². The van der Waals surface area contributed by atoms with Crippen LogP contribution in [0.3, 0.4) is 0 Å². The van der Waals surface area contributed by atoms with Crippen LogP contribution in [0.4, 0.5) is 0 Å². The molecule has 0 bridgehead atoms. The molecule has 0 aliphatic rings. The first-order valence-electron chi connectivity index (χ1n) is 8.57. The minimum Gasteiger partial charge on any atom is -0.507 e. The van der Waals surface area contributed by atoms with E-state index in [9.17, 15) is 23.1 Å². The number of sulfone groups is 1. The Morgan fingerprint density at radius 1 is 1.07 bits per heavy atom. The van der Waals surface area contributed by atoms with Crippen molar-refractivity contribution in [1.82, 2.24) is 5.48 Å². The lowest BCUT2D eigenvalue weighted by Crippen LogP contribution is -2.49. The molecule has 1 unspecified atom stereocenters. The summed E-state index contributed by atoms with van der Waals surface area (Å²) in [5.41, 5.74) is 4.07. The van der Waals surface area contributed by atoms with Crippen LogP contribution in [0, 0.1) is 0 Å². The van der Waals surface area contributed by atoms with Gasteiger partial charge in [-0.15, -0.1) is 0 Å². The van der Waals surface area contributed by atoms with Crippen molar-refractivity contribution in [1.29, 1.82) is 0 Å². The third-order valence-electron chi connectivity index (χ3n) is 4.95. The zero-order chi connectivity index (χ0) is 21.1. The standard InChI is InChI=1S/C20H23NO6S/c1-13(22)17-12-16(8-9-18(17)23)15-6-4-14(5-7-15)10-11-20(2,19(24)21-25)28(3,26)27/h4-9,12,23,25H,10-11H2,1-3H3,(H,21,24). The van der Waals surface area contributed by atoms with Gasteiger partial charge in [-0.1, -0.05) is 30.3 Å². The highest BCUT2D eigenvalue weighted by molar-refractivity contribution is 7.92. The third-order valence-corrected chi connectivity index (χ3v) is 6.98. The fourth-order valence-corrected chi connectivity index (χ4v) is 3.69. The van der Waals surface area contributed by atoms with Gasteiger partial charge in [-0.2, -0.15) is 0 Å². The highest BCUT2D eigenvalue weighted by Crippen LogP contribution is 2.28. The van der Waals surface area contributed by atoms with Crippen LogP contribution < -0.4 is 5.48 Å². The van der Waals surface area contributed by atoms with Gasteiger partial charge < -0.3 is 5.11 Å². The first-order chi connectivity index (χ1) is 13.0. The van der Waals surface area contributed by atoms with E-state index in [1.54, 1.807) is 24.3 Å². The van der Waals surface area contributed by atoms with Crippen LogP contribution in [0.25, 0.3) is 11.1 Å². The lowest BCUT2D eigenvalue weighted by atomic mass is 9.96. The molecule has 2 rings (SSSR count). The summed E-state index contributed by atoms with van der Waals surface area (Å²) in [5, 5.41) is 18.6. The number of benzene rings is 2. The largest absolute Gasteiger partial charge is 0.507 e. The van der Waals surface area contributed by atoms with Crippen molar-refractivity contribution in [3.05, 3.63) is 53.6 Å². The van der Waals surface area contributed by atoms with Gasteiger partial charge >= 0.3 is 0 Å². The Kier molecular flexibility index (Phi) is 6.26. The van der Waals surface area contributed by atoms with Crippen molar-refractivity contribution in [2.24, 2.45) is 0 Å². The van der Waals surface area contributed by atoms with Crippen molar-refractivity contribution in [2.45, 2.75) is 31.4 Å². The van der Waals surface area contributed by atoms with Gasteiger partial charge in [0.2, 0.25) is 0 Å². The number of nitrogens with one attached hydrogen (secondary N) is 1. The molecule has 0 saturated carbocycles. The number of hydroxylamine groups is 1. The highest BCUT2D eigenvalue weighted by Gasteiger charge is 2.43.